The van der Waals surface area contributed by atoms with Gasteiger partial charge in [-0.25, -0.2) is 0 Å². The van der Waals surface area contributed by atoms with Gasteiger partial charge in [-0.1, -0.05) is 18.9 Å². The molecule has 1 fully saturated rings. The van der Waals surface area contributed by atoms with E-state index in [1.807, 2.05) is 0 Å². The minimum Gasteiger partial charge on any atom is -0.491 e. The highest BCUT2D eigenvalue weighted by Gasteiger charge is 2.21. The number of para-hydroxylation sites is 1. The van der Waals surface area contributed by atoms with E-state index >= 15 is 0 Å². The van der Waals surface area contributed by atoms with Gasteiger partial charge >= 0.3 is 0 Å². The Hall–Kier alpha value is -1.71. The fraction of sp³-hybridized carbons (Fsp3) is 0.417. The Kier molecular flexibility index (Phi) is 2.99. The van der Waals surface area contributed by atoms with Crippen LogP contribution in [0.3, 0.4) is 0 Å². The van der Waals surface area contributed by atoms with Crippen LogP contribution in [0.5, 0.6) is 5.75 Å². The zero-order valence-electron chi connectivity index (χ0n) is 9.11. The first-order valence-electron chi connectivity index (χ1n) is 5.49. The summed E-state index contributed by atoms with van der Waals surface area (Å²) in [4.78, 5) is 11.1. The molecule has 4 N–H and O–H groups in total. The molecule has 0 radical (unpaired) electrons. The normalized spacial score (nSPS) is 14.8. The summed E-state index contributed by atoms with van der Waals surface area (Å²) in [6.07, 6.45) is 3.67. The highest BCUT2D eigenvalue weighted by atomic mass is 16.5. The van der Waals surface area contributed by atoms with E-state index in [0.717, 1.165) is 12.3 Å². The first-order chi connectivity index (χ1) is 7.68. The summed E-state index contributed by atoms with van der Waals surface area (Å²) >= 11 is 0. The largest absolute Gasteiger partial charge is 0.491 e. The first kappa shape index (κ1) is 10.8. The van der Waals surface area contributed by atoms with Crippen molar-refractivity contribution in [3.63, 3.8) is 0 Å². The molecule has 0 heterocycles. The van der Waals surface area contributed by atoms with Crippen LogP contribution in [-0.4, -0.2) is 12.5 Å². The van der Waals surface area contributed by atoms with Crippen LogP contribution in [0, 0.1) is 5.92 Å². The SMILES string of the molecule is NC(=O)c1cccc(OCCC2CC2)c1N. The molecule has 1 aliphatic rings. The highest BCUT2D eigenvalue weighted by Crippen LogP contribution is 2.33. The van der Waals surface area contributed by atoms with Crippen LogP contribution >= 0.6 is 0 Å². The maximum Gasteiger partial charge on any atom is 0.250 e. The van der Waals surface area contributed by atoms with E-state index in [2.05, 4.69) is 0 Å². The second kappa shape index (κ2) is 4.43. The number of hydrogen-bond donors (Lipinski definition) is 2. The first-order valence-corrected chi connectivity index (χ1v) is 5.49. The zero-order valence-corrected chi connectivity index (χ0v) is 9.11. The van der Waals surface area contributed by atoms with Crippen molar-refractivity contribution in [2.75, 3.05) is 12.3 Å². The number of hydrogen-bond acceptors (Lipinski definition) is 3. The molecule has 4 nitrogen and oxygen atoms in total. The summed E-state index contributed by atoms with van der Waals surface area (Å²) in [7, 11) is 0. The predicted molar refractivity (Wildman–Crippen MR) is 62.2 cm³/mol. The third kappa shape index (κ3) is 2.45. The quantitative estimate of drug-likeness (QED) is 0.739. The average Bonchev–Trinajstić information content (AvgIpc) is 3.04. The summed E-state index contributed by atoms with van der Waals surface area (Å²) < 4.78 is 5.55. The van der Waals surface area contributed by atoms with E-state index in [9.17, 15) is 4.79 Å². The maximum absolute atomic E-state index is 11.1. The molecule has 0 bridgehead atoms. The van der Waals surface area contributed by atoms with Gasteiger partial charge in [-0.3, -0.25) is 4.79 Å². The molecule has 16 heavy (non-hydrogen) atoms. The van der Waals surface area contributed by atoms with E-state index in [1.54, 1.807) is 18.2 Å². The van der Waals surface area contributed by atoms with E-state index in [0.29, 0.717) is 23.6 Å². The van der Waals surface area contributed by atoms with Crippen LogP contribution in [0.15, 0.2) is 18.2 Å². The van der Waals surface area contributed by atoms with E-state index < -0.39 is 5.91 Å². The van der Waals surface area contributed by atoms with Crippen molar-refractivity contribution in [2.45, 2.75) is 19.3 Å². The molecule has 0 spiro atoms. The number of nitrogen functional groups attached to an aromatic ring is 1. The number of primary amides is 1. The number of nitrogens with two attached hydrogens (primary N) is 2. The average molecular weight is 220 g/mol. The van der Waals surface area contributed by atoms with Gasteiger partial charge in [0.15, 0.2) is 0 Å². The van der Waals surface area contributed by atoms with Crippen molar-refractivity contribution in [3.05, 3.63) is 23.8 Å². The minimum atomic E-state index is -0.523. The molecule has 0 unspecified atom stereocenters. The fourth-order valence-corrected chi connectivity index (χ4v) is 1.63. The molecule has 1 aliphatic carbocycles. The van der Waals surface area contributed by atoms with Gasteiger partial charge in [0.1, 0.15) is 5.75 Å². The van der Waals surface area contributed by atoms with Crippen molar-refractivity contribution < 1.29 is 9.53 Å². The van der Waals surface area contributed by atoms with Crippen molar-refractivity contribution in [3.8, 4) is 5.75 Å². The van der Waals surface area contributed by atoms with Gasteiger partial charge in [0, 0.05) is 0 Å². The second-order valence-corrected chi connectivity index (χ2v) is 4.16. The number of benzene rings is 1. The zero-order chi connectivity index (χ0) is 11.5. The molecular formula is C12H16N2O2. The standard InChI is InChI=1S/C12H16N2O2/c13-11-9(12(14)15)2-1-3-10(11)16-7-6-8-4-5-8/h1-3,8H,4-7,13H2,(H2,14,15). The lowest BCUT2D eigenvalue weighted by Crippen LogP contribution is -2.14. The molecule has 4 heteroatoms. The summed E-state index contributed by atoms with van der Waals surface area (Å²) in [5.41, 5.74) is 11.6. The van der Waals surface area contributed by atoms with Gasteiger partial charge in [-0.2, -0.15) is 0 Å². The Bertz CT molecular complexity index is 400. The maximum atomic E-state index is 11.1. The smallest absolute Gasteiger partial charge is 0.250 e. The summed E-state index contributed by atoms with van der Waals surface area (Å²) in [6, 6.07) is 5.09. The Labute approximate surface area is 94.6 Å². The fourth-order valence-electron chi connectivity index (χ4n) is 1.63. The van der Waals surface area contributed by atoms with Crippen molar-refractivity contribution >= 4 is 11.6 Å². The Balaban J connectivity index is 2.01. The predicted octanol–water partition coefficient (Wildman–Crippen LogP) is 1.55. The Morgan fingerprint density at radius 3 is 2.81 bits per heavy atom. The molecule has 0 aromatic heterocycles. The highest BCUT2D eigenvalue weighted by molar-refractivity contribution is 5.99. The minimum absolute atomic E-state index is 0.323. The number of ether oxygens (including phenoxy) is 1. The number of amides is 1. The number of carbonyl (C=O) groups excluding carboxylic acids is 1. The third-order valence-corrected chi connectivity index (χ3v) is 2.81. The van der Waals surface area contributed by atoms with Gasteiger partial charge < -0.3 is 16.2 Å². The molecule has 1 saturated carbocycles. The molecule has 86 valence electrons. The molecule has 1 aromatic rings. The van der Waals surface area contributed by atoms with Crippen molar-refractivity contribution in [2.24, 2.45) is 11.7 Å². The van der Waals surface area contributed by atoms with Gasteiger partial charge in [0.05, 0.1) is 17.9 Å². The second-order valence-electron chi connectivity index (χ2n) is 4.16. The summed E-state index contributed by atoms with van der Waals surface area (Å²) in [5.74, 6) is 0.850. The lowest BCUT2D eigenvalue weighted by Gasteiger charge is -2.10. The third-order valence-electron chi connectivity index (χ3n) is 2.81. The van der Waals surface area contributed by atoms with E-state index in [1.165, 1.54) is 12.8 Å². The van der Waals surface area contributed by atoms with Gasteiger partial charge in [-0.05, 0) is 24.5 Å². The van der Waals surface area contributed by atoms with Gasteiger partial charge in [0.2, 0.25) is 0 Å². The monoisotopic (exact) mass is 220 g/mol. The van der Waals surface area contributed by atoms with Crippen LogP contribution in [0.1, 0.15) is 29.6 Å². The number of carbonyl (C=O) groups is 1. The van der Waals surface area contributed by atoms with Gasteiger partial charge in [-0.15, -0.1) is 0 Å². The van der Waals surface area contributed by atoms with Crippen LogP contribution in [0.4, 0.5) is 5.69 Å². The molecule has 2 rings (SSSR count). The molecule has 0 atom stereocenters. The van der Waals surface area contributed by atoms with E-state index in [-0.39, 0.29) is 0 Å². The Morgan fingerprint density at radius 2 is 2.19 bits per heavy atom. The number of anilines is 1. The lowest BCUT2D eigenvalue weighted by atomic mass is 10.1. The molecule has 1 aromatic carbocycles. The summed E-state index contributed by atoms with van der Waals surface area (Å²) in [5, 5.41) is 0. The van der Waals surface area contributed by atoms with Crippen LogP contribution < -0.4 is 16.2 Å². The van der Waals surface area contributed by atoms with Crippen LogP contribution in [0.2, 0.25) is 0 Å². The molecule has 0 saturated heterocycles. The summed E-state index contributed by atoms with van der Waals surface area (Å²) in [6.45, 7) is 0.650. The van der Waals surface area contributed by atoms with E-state index in [4.69, 9.17) is 16.2 Å². The van der Waals surface area contributed by atoms with Crippen LogP contribution in [-0.2, 0) is 0 Å². The van der Waals surface area contributed by atoms with Crippen molar-refractivity contribution in [1.29, 1.82) is 0 Å². The lowest BCUT2D eigenvalue weighted by molar-refractivity contribution is 0.100. The Morgan fingerprint density at radius 1 is 1.44 bits per heavy atom. The van der Waals surface area contributed by atoms with Crippen molar-refractivity contribution in [1.82, 2.24) is 0 Å². The molecule has 1 amide bonds. The van der Waals surface area contributed by atoms with Gasteiger partial charge in [0.25, 0.3) is 5.91 Å². The molecule has 0 aliphatic heterocycles. The van der Waals surface area contributed by atoms with Crippen LogP contribution in [0.25, 0.3) is 0 Å². The molecular weight excluding hydrogens is 204 g/mol. The number of rotatable bonds is 5. The topological polar surface area (TPSA) is 78.3 Å².